The summed E-state index contributed by atoms with van der Waals surface area (Å²) in [5, 5.41) is 6.97. The second-order valence-electron chi connectivity index (χ2n) is 6.02. The second kappa shape index (κ2) is 7.10. The number of aromatic amines is 1. The van der Waals surface area contributed by atoms with Crippen LogP contribution in [-0.4, -0.2) is 24.2 Å². The molecule has 0 aliphatic heterocycles. The van der Waals surface area contributed by atoms with Gasteiger partial charge in [-0.25, -0.2) is 27.3 Å². The van der Waals surface area contributed by atoms with E-state index in [2.05, 4.69) is 25.9 Å². The number of nitrogens with one attached hydrogen (secondary N) is 1. The van der Waals surface area contributed by atoms with Gasteiger partial charge in [-0.15, -0.1) is 11.3 Å². The molecule has 11 heteroatoms. The zero-order chi connectivity index (χ0) is 20.9. The van der Waals surface area contributed by atoms with Crippen LogP contribution in [0.3, 0.4) is 0 Å². The molecule has 0 amide bonds. The van der Waals surface area contributed by atoms with Gasteiger partial charge in [-0.05, 0) is 45.6 Å². The van der Waals surface area contributed by atoms with Gasteiger partial charge in [0, 0.05) is 33.4 Å². The number of nitrogens with zero attached hydrogens (tertiary/aromatic N) is 1. The minimum atomic E-state index is -4.13. The Morgan fingerprint density at radius 3 is 2.72 bits per heavy atom. The van der Waals surface area contributed by atoms with Gasteiger partial charge in [0.05, 0.1) is 10.4 Å². The summed E-state index contributed by atoms with van der Waals surface area (Å²) in [5.41, 5.74) is -0.616. The zero-order valence-electron chi connectivity index (χ0n) is 14.2. The van der Waals surface area contributed by atoms with Gasteiger partial charge < -0.3 is 4.98 Å². The van der Waals surface area contributed by atoms with Crippen molar-refractivity contribution in [2.45, 2.75) is 4.90 Å². The molecule has 0 aliphatic carbocycles. The monoisotopic (exact) mass is 497 g/mol. The number of primary sulfonamides is 1. The lowest BCUT2D eigenvalue weighted by Crippen LogP contribution is -2.13. The Balaban J connectivity index is 1.92. The molecule has 0 saturated heterocycles. The van der Waals surface area contributed by atoms with E-state index < -0.39 is 33.0 Å². The quantitative estimate of drug-likeness (QED) is 0.411. The third kappa shape index (κ3) is 3.39. The van der Waals surface area contributed by atoms with Crippen LogP contribution >= 0.6 is 27.3 Å². The number of halogens is 3. The van der Waals surface area contributed by atoms with Crippen molar-refractivity contribution in [1.29, 1.82) is 0 Å². The Kier molecular flexibility index (Phi) is 4.85. The van der Waals surface area contributed by atoms with E-state index in [9.17, 15) is 17.6 Å². The Labute approximate surface area is 175 Å². The molecule has 0 fully saturated rings. The Bertz CT molecular complexity index is 1400. The van der Waals surface area contributed by atoms with Crippen molar-refractivity contribution in [3.8, 4) is 10.4 Å². The number of nitrogens with two attached hydrogens (primary N) is 1. The molecule has 29 heavy (non-hydrogen) atoms. The van der Waals surface area contributed by atoms with E-state index in [-0.39, 0.29) is 20.9 Å². The van der Waals surface area contributed by atoms with Crippen molar-refractivity contribution in [1.82, 2.24) is 9.97 Å². The summed E-state index contributed by atoms with van der Waals surface area (Å²) < 4.78 is 53.9. The zero-order valence-corrected chi connectivity index (χ0v) is 17.5. The van der Waals surface area contributed by atoms with Gasteiger partial charge in [0.1, 0.15) is 22.2 Å². The van der Waals surface area contributed by atoms with E-state index in [0.717, 1.165) is 23.5 Å². The summed E-state index contributed by atoms with van der Waals surface area (Å²) in [6, 6.07) is 4.82. The average molecular weight is 498 g/mol. The second-order valence-corrected chi connectivity index (χ2v) is 9.39. The molecule has 0 atom stereocenters. The van der Waals surface area contributed by atoms with Crippen LogP contribution in [-0.2, 0) is 10.0 Å². The van der Waals surface area contributed by atoms with E-state index >= 15 is 4.39 Å². The molecule has 0 bridgehead atoms. The highest BCUT2D eigenvalue weighted by Gasteiger charge is 2.27. The first-order valence-corrected chi connectivity index (χ1v) is 11.2. The normalized spacial score (nSPS) is 11.9. The summed E-state index contributed by atoms with van der Waals surface area (Å²) in [6.07, 6.45) is 2.83. The third-order valence-electron chi connectivity index (χ3n) is 4.24. The largest absolute Gasteiger partial charge is 0.345 e. The van der Waals surface area contributed by atoms with Gasteiger partial charge in [-0.3, -0.25) is 4.79 Å². The number of aromatic nitrogens is 2. The van der Waals surface area contributed by atoms with Gasteiger partial charge in [0.2, 0.25) is 15.8 Å². The van der Waals surface area contributed by atoms with Crippen LogP contribution in [0.2, 0.25) is 0 Å². The fourth-order valence-corrected chi connectivity index (χ4v) is 5.30. The lowest BCUT2D eigenvalue weighted by Gasteiger charge is -2.09. The van der Waals surface area contributed by atoms with Crippen LogP contribution in [0.1, 0.15) is 15.9 Å². The first-order valence-electron chi connectivity index (χ1n) is 7.94. The van der Waals surface area contributed by atoms with Gasteiger partial charge >= 0.3 is 0 Å². The summed E-state index contributed by atoms with van der Waals surface area (Å²) in [5.74, 6) is -3.14. The maximum Gasteiger partial charge on any atom is 0.239 e. The molecule has 4 aromatic rings. The Morgan fingerprint density at radius 1 is 1.24 bits per heavy atom. The van der Waals surface area contributed by atoms with E-state index in [4.69, 9.17) is 5.14 Å². The number of pyridine rings is 1. The fraction of sp³-hybridized carbons (Fsp3) is 0. The minimum Gasteiger partial charge on any atom is -0.345 e. The van der Waals surface area contributed by atoms with Crippen LogP contribution in [0.15, 0.2) is 51.4 Å². The molecule has 0 radical (unpaired) electrons. The summed E-state index contributed by atoms with van der Waals surface area (Å²) >= 11 is 4.16. The third-order valence-corrected chi connectivity index (χ3v) is 6.70. The van der Waals surface area contributed by atoms with Crippen molar-refractivity contribution < 1.29 is 22.0 Å². The van der Waals surface area contributed by atoms with Crippen molar-refractivity contribution >= 4 is 54.1 Å². The highest BCUT2D eigenvalue weighted by molar-refractivity contribution is 9.10. The number of ketones is 1. The van der Waals surface area contributed by atoms with Crippen LogP contribution < -0.4 is 5.14 Å². The van der Waals surface area contributed by atoms with Crippen molar-refractivity contribution in [3.05, 3.63) is 69.3 Å². The minimum absolute atomic E-state index is 0.0117. The molecule has 0 spiro atoms. The van der Waals surface area contributed by atoms with E-state index in [1.807, 2.05) is 0 Å². The highest BCUT2D eigenvalue weighted by atomic mass is 79.9. The van der Waals surface area contributed by atoms with Gasteiger partial charge in [-0.1, -0.05) is 0 Å². The molecular formula is C18H10BrF2N3O3S2. The predicted molar refractivity (Wildman–Crippen MR) is 108 cm³/mol. The van der Waals surface area contributed by atoms with Gasteiger partial charge in [-0.2, -0.15) is 0 Å². The molecule has 0 saturated carbocycles. The smallest absolute Gasteiger partial charge is 0.239 e. The number of thiophene rings is 1. The molecule has 3 heterocycles. The first kappa shape index (κ1) is 19.8. The number of hydrogen-bond acceptors (Lipinski definition) is 5. The molecule has 4 rings (SSSR count). The van der Waals surface area contributed by atoms with Crippen molar-refractivity contribution in [3.63, 3.8) is 0 Å². The van der Waals surface area contributed by atoms with Crippen molar-refractivity contribution in [2.24, 2.45) is 5.14 Å². The number of sulfonamides is 1. The summed E-state index contributed by atoms with van der Waals surface area (Å²) in [7, 11) is -4.13. The summed E-state index contributed by atoms with van der Waals surface area (Å²) in [6.45, 7) is 0. The Morgan fingerprint density at radius 2 is 2.00 bits per heavy atom. The van der Waals surface area contributed by atoms with E-state index in [1.165, 1.54) is 23.8 Å². The number of carbonyl (C=O) groups is 1. The topological polar surface area (TPSA) is 106 Å². The molecule has 0 unspecified atom stereocenters. The van der Waals surface area contributed by atoms with Crippen LogP contribution in [0, 0.1) is 11.6 Å². The molecule has 3 N–H and O–H groups in total. The fourth-order valence-electron chi connectivity index (χ4n) is 2.95. The number of benzene rings is 1. The molecular weight excluding hydrogens is 488 g/mol. The lowest BCUT2D eigenvalue weighted by molar-refractivity contribution is 0.103. The van der Waals surface area contributed by atoms with Crippen LogP contribution in [0.25, 0.3) is 21.5 Å². The maximum absolute atomic E-state index is 15.3. The van der Waals surface area contributed by atoms with Crippen molar-refractivity contribution in [2.75, 3.05) is 0 Å². The SMILES string of the molecule is NS(=O)(=O)c1ccsc1-c1ccc(F)c(C(=O)c2c[nH]c3ncc(Br)cc23)c1F. The number of fused-ring (bicyclic) bond motifs is 1. The maximum atomic E-state index is 15.3. The predicted octanol–water partition coefficient (Wildman–Crippen LogP) is 4.21. The number of carbonyl (C=O) groups excluding carboxylic acids is 1. The first-order chi connectivity index (χ1) is 13.7. The van der Waals surface area contributed by atoms with E-state index in [0.29, 0.717) is 15.5 Å². The average Bonchev–Trinajstić information content (AvgIpc) is 3.28. The highest BCUT2D eigenvalue weighted by Crippen LogP contribution is 2.36. The van der Waals surface area contributed by atoms with Gasteiger partial charge in [0.15, 0.2) is 0 Å². The lowest BCUT2D eigenvalue weighted by atomic mass is 9.99. The molecule has 0 aliphatic rings. The molecule has 6 nitrogen and oxygen atoms in total. The number of H-pyrrole nitrogens is 1. The number of rotatable bonds is 4. The molecule has 148 valence electrons. The molecule has 1 aromatic carbocycles. The van der Waals surface area contributed by atoms with Crippen LogP contribution in [0.4, 0.5) is 8.78 Å². The molecule has 3 aromatic heterocycles. The van der Waals surface area contributed by atoms with Crippen LogP contribution in [0.5, 0.6) is 0 Å². The Hall–Kier alpha value is -2.47. The summed E-state index contributed by atoms with van der Waals surface area (Å²) in [4.78, 5) is 19.6. The van der Waals surface area contributed by atoms with E-state index in [1.54, 1.807) is 6.07 Å². The van der Waals surface area contributed by atoms with Gasteiger partial charge in [0.25, 0.3) is 0 Å². The standard InChI is InChI=1S/C18H10BrF2N3O3S2/c19-8-5-10-11(7-24-18(10)23-6-8)16(25)14-12(20)2-1-9(15(14)21)17-13(3-4-28-17)29(22,26)27/h1-7H,(H,23,24)(H2,22,26,27). The number of hydrogen-bond donors (Lipinski definition) is 2.